The average molecular weight is 454 g/mol. The lowest BCUT2D eigenvalue weighted by molar-refractivity contribution is -0.132. The summed E-state index contributed by atoms with van der Waals surface area (Å²) in [6.07, 6.45) is 4.55. The van der Waals surface area contributed by atoms with Crippen molar-refractivity contribution in [2.24, 2.45) is 5.92 Å². The lowest BCUT2D eigenvalue weighted by Gasteiger charge is -2.29. The van der Waals surface area contributed by atoms with Gasteiger partial charge in [-0.25, -0.2) is 4.98 Å². The molecule has 0 saturated heterocycles. The fourth-order valence-corrected chi connectivity index (χ4v) is 4.58. The molecule has 1 aromatic carbocycles. The number of imidazole rings is 1. The molecule has 0 N–H and O–H groups in total. The molecule has 2 aromatic rings. The Kier molecular flexibility index (Phi) is 8.67. The second kappa shape index (κ2) is 11.5. The minimum atomic E-state index is 0.0370. The first-order chi connectivity index (χ1) is 15.8. The van der Waals surface area contributed by atoms with Crippen molar-refractivity contribution in [3.8, 4) is 0 Å². The van der Waals surface area contributed by atoms with Gasteiger partial charge < -0.3 is 19.3 Å². The lowest BCUT2D eigenvalue weighted by Crippen LogP contribution is -2.41. The molecule has 0 unspecified atom stereocenters. The van der Waals surface area contributed by atoms with Crippen LogP contribution in [0.25, 0.3) is 0 Å². The number of para-hydroxylation sites is 1. The van der Waals surface area contributed by atoms with Crippen LogP contribution < -0.4 is 4.90 Å². The van der Waals surface area contributed by atoms with Gasteiger partial charge in [-0.1, -0.05) is 45.9 Å². The predicted molar refractivity (Wildman–Crippen MR) is 132 cm³/mol. The highest BCUT2D eigenvalue weighted by Gasteiger charge is 2.23. The molecule has 0 aliphatic carbocycles. The van der Waals surface area contributed by atoms with Gasteiger partial charge in [0.2, 0.25) is 11.8 Å². The summed E-state index contributed by atoms with van der Waals surface area (Å²) in [4.78, 5) is 36.7. The molecule has 1 aromatic heterocycles. The van der Waals surface area contributed by atoms with Gasteiger partial charge >= 0.3 is 0 Å². The normalized spacial score (nSPS) is 16.1. The van der Waals surface area contributed by atoms with E-state index in [1.54, 1.807) is 13.1 Å². The van der Waals surface area contributed by atoms with Crippen LogP contribution in [0, 0.1) is 5.92 Å². The molecule has 33 heavy (non-hydrogen) atoms. The van der Waals surface area contributed by atoms with Crippen molar-refractivity contribution in [2.45, 2.75) is 60.0 Å². The molecule has 180 valence electrons. The van der Waals surface area contributed by atoms with Crippen LogP contribution in [-0.2, 0) is 22.7 Å². The first kappa shape index (κ1) is 25.0. The monoisotopic (exact) mass is 453 g/mol. The van der Waals surface area contributed by atoms with Gasteiger partial charge in [-0.05, 0) is 30.5 Å². The number of benzene rings is 1. The summed E-state index contributed by atoms with van der Waals surface area (Å²) in [7, 11) is 0. The summed E-state index contributed by atoms with van der Waals surface area (Å²) in [6.45, 7) is 15.1. The lowest BCUT2D eigenvalue weighted by atomic mass is 10.1. The van der Waals surface area contributed by atoms with Crippen molar-refractivity contribution in [3.05, 3.63) is 48.0 Å². The van der Waals surface area contributed by atoms with Crippen LogP contribution in [-0.4, -0.2) is 63.9 Å². The minimum Gasteiger partial charge on any atom is -0.335 e. The Morgan fingerprint density at radius 3 is 2.48 bits per heavy atom. The molecule has 0 spiro atoms. The third-order valence-electron chi connectivity index (χ3n) is 6.11. The molecule has 0 fully saturated rings. The van der Waals surface area contributed by atoms with E-state index >= 15 is 0 Å². The van der Waals surface area contributed by atoms with Crippen molar-refractivity contribution in [1.82, 2.24) is 19.4 Å². The number of hydrogen-bond donors (Lipinski definition) is 0. The van der Waals surface area contributed by atoms with E-state index in [-0.39, 0.29) is 24.3 Å². The zero-order valence-corrected chi connectivity index (χ0v) is 20.8. The van der Waals surface area contributed by atoms with Crippen LogP contribution in [0.4, 0.5) is 5.69 Å². The van der Waals surface area contributed by atoms with Gasteiger partial charge in [0, 0.05) is 63.6 Å². The number of rotatable bonds is 5. The van der Waals surface area contributed by atoms with Crippen LogP contribution in [0.3, 0.4) is 0 Å². The van der Waals surface area contributed by atoms with Gasteiger partial charge in [0.15, 0.2) is 0 Å². The molecular formula is C26H39N5O2. The van der Waals surface area contributed by atoms with Crippen molar-refractivity contribution >= 4 is 17.5 Å². The molecule has 1 aliphatic rings. The van der Waals surface area contributed by atoms with Crippen molar-refractivity contribution in [2.75, 3.05) is 37.6 Å². The summed E-state index contributed by atoms with van der Waals surface area (Å²) >= 11 is 0. The number of fused-ring (bicyclic) bond motifs is 1. The van der Waals surface area contributed by atoms with Crippen LogP contribution in [0.1, 0.15) is 58.3 Å². The summed E-state index contributed by atoms with van der Waals surface area (Å²) in [5, 5.41) is 0. The highest BCUT2D eigenvalue weighted by atomic mass is 16.2. The van der Waals surface area contributed by atoms with E-state index in [1.807, 2.05) is 44.8 Å². The Bertz CT molecular complexity index is 936. The Hall–Kier alpha value is -2.67. The van der Waals surface area contributed by atoms with E-state index in [9.17, 15) is 9.59 Å². The number of nitrogens with zero attached hydrogens (tertiary/aromatic N) is 5. The summed E-state index contributed by atoms with van der Waals surface area (Å²) < 4.78 is 1.96. The van der Waals surface area contributed by atoms with Crippen LogP contribution in [0.2, 0.25) is 0 Å². The quantitative estimate of drug-likeness (QED) is 0.692. The maximum atomic E-state index is 13.5. The number of hydrogen-bond acceptors (Lipinski definition) is 4. The number of carbonyl (C=O) groups is 2. The largest absolute Gasteiger partial charge is 0.335 e. The number of aromatic nitrogens is 2. The highest BCUT2D eigenvalue weighted by Crippen LogP contribution is 2.24. The second-order valence-corrected chi connectivity index (χ2v) is 9.73. The summed E-state index contributed by atoms with van der Waals surface area (Å²) in [6, 6.07) is 7.98. The molecule has 7 nitrogen and oxygen atoms in total. The van der Waals surface area contributed by atoms with Crippen molar-refractivity contribution in [3.63, 3.8) is 0 Å². The van der Waals surface area contributed by atoms with Crippen LogP contribution in [0.15, 0.2) is 36.7 Å². The number of carbonyl (C=O) groups excluding carboxylic acids is 2. The van der Waals surface area contributed by atoms with E-state index in [4.69, 9.17) is 0 Å². The highest BCUT2D eigenvalue weighted by molar-refractivity contribution is 5.92. The predicted octanol–water partition coefficient (Wildman–Crippen LogP) is 3.75. The molecule has 7 heteroatoms. The maximum absolute atomic E-state index is 13.5. The fraction of sp³-hybridized carbons (Fsp3) is 0.577. The third-order valence-corrected chi connectivity index (χ3v) is 6.11. The first-order valence-electron chi connectivity index (χ1n) is 12.1. The average Bonchev–Trinajstić information content (AvgIpc) is 3.20. The van der Waals surface area contributed by atoms with E-state index in [1.165, 1.54) is 0 Å². The Balaban J connectivity index is 1.91. The zero-order chi connectivity index (χ0) is 24.0. The van der Waals surface area contributed by atoms with Gasteiger partial charge in [0.25, 0.3) is 0 Å². The standard InChI is InChI=1S/C26H39N5O2/c1-20(2)17-28-12-8-13-31(22(5)32)24-10-7-6-9-23(24)18-29(16-15-28)25(33)19-30-14-11-27-26(30)21(3)4/h6-7,9-11,14,20-21H,8,12-13,15-19H2,1-5H3. The molecule has 0 atom stereocenters. The van der Waals surface area contributed by atoms with Crippen LogP contribution >= 0.6 is 0 Å². The molecule has 2 amide bonds. The minimum absolute atomic E-state index is 0.0370. The Morgan fingerprint density at radius 2 is 1.79 bits per heavy atom. The third kappa shape index (κ3) is 6.67. The van der Waals surface area contributed by atoms with Gasteiger partial charge in [-0.2, -0.15) is 0 Å². The molecule has 0 saturated carbocycles. The molecule has 0 bridgehead atoms. The fourth-order valence-electron chi connectivity index (χ4n) is 4.58. The molecule has 3 rings (SSSR count). The second-order valence-electron chi connectivity index (χ2n) is 9.73. The van der Waals surface area contributed by atoms with E-state index < -0.39 is 0 Å². The van der Waals surface area contributed by atoms with Gasteiger partial charge in [0.1, 0.15) is 12.4 Å². The van der Waals surface area contributed by atoms with Crippen LogP contribution in [0.5, 0.6) is 0 Å². The number of anilines is 1. The SMILES string of the molecule is CC(=O)N1CCCN(CC(C)C)CCN(C(=O)Cn2ccnc2C(C)C)Cc2ccccc21. The van der Waals surface area contributed by atoms with E-state index in [0.29, 0.717) is 25.6 Å². The maximum Gasteiger partial charge on any atom is 0.242 e. The van der Waals surface area contributed by atoms with Gasteiger partial charge in [-0.3, -0.25) is 9.59 Å². The molecule has 1 aliphatic heterocycles. The Morgan fingerprint density at radius 1 is 1.03 bits per heavy atom. The van der Waals surface area contributed by atoms with E-state index in [2.05, 4.69) is 37.6 Å². The summed E-state index contributed by atoms with van der Waals surface area (Å²) in [5.74, 6) is 1.82. The summed E-state index contributed by atoms with van der Waals surface area (Å²) in [5.41, 5.74) is 1.92. The topological polar surface area (TPSA) is 61.7 Å². The Labute approximate surface area is 198 Å². The van der Waals surface area contributed by atoms with Crippen molar-refractivity contribution < 1.29 is 9.59 Å². The zero-order valence-electron chi connectivity index (χ0n) is 20.8. The van der Waals surface area contributed by atoms with Gasteiger partial charge in [0.05, 0.1) is 0 Å². The molecular weight excluding hydrogens is 414 g/mol. The first-order valence-corrected chi connectivity index (χ1v) is 12.1. The van der Waals surface area contributed by atoms with E-state index in [0.717, 1.165) is 43.1 Å². The molecule has 0 radical (unpaired) electrons. The molecule has 2 heterocycles. The van der Waals surface area contributed by atoms with Crippen molar-refractivity contribution in [1.29, 1.82) is 0 Å². The van der Waals surface area contributed by atoms with Gasteiger partial charge in [-0.15, -0.1) is 0 Å². The number of amides is 2. The smallest absolute Gasteiger partial charge is 0.242 e.